The van der Waals surface area contributed by atoms with Crippen LogP contribution in [0.4, 0.5) is 0 Å². The fourth-order valence-electron chi connectivity index (χ4n) is 1.41. The lowest BCUT2D eigenvalue weighted by molar-refractivity contribution is 0.0500. The van der Waals surface area contributed by atoms with Gasteiger partial charge in [-0.3, -0.25) is 0 Å². The van der Waals surface area contributed by atoms with Crippen LogP contribution in [0.1, 0.15) is 17.4 Å². The average Bonchev–Trinajstić information content (AvgIpc) is 2.77. The van der Waals surface area contributed by atoms with Crippen molar-refractivity contribution in [3.05, 3.63) is 24.0 Å². The molecule has 0 aliphatic rings. The van der Waals surface area contributed by atoms with Crippen molar-refractivity contribution in [2.24, 2.45) is 0 Å². The summed E-state index contributed by atoms with van der Waals surface area (Å²) >= 11 is 0. The SMILES string of the molecule is CCOC(=O)c1cccn1CCOCCOC. The molecule has 1 rings (SSSR count). The molecule has 5 nitrogen and oxygen atoms in total. The Morgan fingerprint density at radius 3 is 2.88 bits per heavy atom. The van der Waals surface area contributed by atoms with E-state index in [4.69, 9.17) is 14.2 Å². The zero-order valence-electron chi connectivity index (χ0n) is 10.3. The van der Waals surface area contributed by atoms with Gasteiger partial charge in [-0.15, -0.1) is 0 Å². The lowest BCUT2D eigenvalue weighted by Gasteiger charge is -2.08. The molecule has 0 unspecified atom stereocenters. The number of methoxy groups -OCH3 is 1. The normalized spacial score (nSPS) is 10.5. The predicted molar refractivity (Wildman–Crippen MR) is 63.1 cm³/mol. The summed E-state index contributed by atoms with van der Waals surface area (Å²) in [5, 5.41) is 0. The van der Waals surface area contributed by atoms with Gasteiger partial charge in [0.25, 0.3) is 0 Å². The first-order valence-corrected chi connectivity index (χ1v) is 5.68. The van der Waals surface area contributed by atoms with Gasteiger partial charge in [0.05, 0.1) is 26.4 Å². The Hall–Kier alpha value is -1.33. The van der Waals surface area contributed by atoms with E-state index in [9.17, 15) is 4.79 Å². The van der Waals surface area contributed by atoms with Crippen LogP contribution >= 0.6 is 0 Å². The van der Waals surface area contributed by atoms with Gasteiger partial charge in [-0.25, -0.2) is 4.79 Å². The molecule has 0 aromatic carbocycles. The molecule has 0 radical (unpaired) electrons. The van der Waals surface area contributed by atoms with Crippen LogP contribution in [0, 0.1) is 0 Å². The first-order chi connectivity index (χ1) is 8.29. The first-order valence-electron chi connectivity index (χ1n) is 5.68. The molecule has 0 aliphatic heterocycles. The van der Waals surface area contributed by atoms with Gasteiger partial charge in [-0.1, -0.05) is 0 Å². The highest BCUT2D eigenvalue weighted by atomic mass is 16.5. The molecule has 0 atom stereocenters. The maximum Gasteiger partial charge on any atom is 0.354 e. The molecule has 5 heteroatoms. The van der Waals surface area contributed by atoms with Crippen molar-refractivity contribution in [3.8, 4) is 0 Å². The topological polar surface area (TPSA) is 49.7 Å². The summed E-state index contributed by atoms with van der Waals surface area (Å²) in [7, 11) is 1.63. The maximum atomic E-state index is 11.6. The van der Waals surface area contributed by atoms with Gasteiger partial charge in [0.2, 0.25) is 0 Å². The van der Waals surface area contributed by atoms with Crippen molar-refractivity contribution in [1.29, 1.82) is 0 Å². The monoisotopic (exact) mass is 241 g/mol. The number of aromatic nitrogens is 1. The van der Waals surface area contributed by atoms with Crippen LogP contribution in [0.2, 0.25) is 0 Å². The summed E-state index contributed by atoms with van der Waals surface area (Å²) in [4.78, 5) is 11.6. The summed E-state index contributed by atoms with van der Waals surface area (Å²) in [6.45, 7) is 4.49. The Morgan fingerprint density at radius 2 is 2.18 bits per heavy atom. The highest BCUT2D eigenvalue weighted by Crippen LogP contribution is 2.04. The fourth-order valence-corrected chi connectivity index (χ4v) is 1.41. The molecule has 0 saturated carbocycles. The zero-order valence-corrected chi connectivity index (χ0v) is 10.3. The number of ether oxygens (including phenoxy) is 3. The van der Waals surface area contributed by atoms with Crippen LogP contribution in [0.15, 0.2) is 18.3 Å². The Morgan fingerprint density at radius 1 is 1.35 bits per heavy atom. The third kappa shape index (κ3) is 4.58. The molecule has 0 fully saturated rings. The first kappa shape index (κ1) is 13.7. The van der Waals surface area contributed by atoms with E-state index >= 15 is 0 Å². The van der Waals surface area contributed by atoms with Crippen LogP contribution in [0.25, 0.3) is 0 Å². The third-order valence-corrected chi connectivity index (χ3v) is 2.22. The van der Waals surface area contributed by atoms with E-state index < -0.39 is 0 Å². The van der Waals surface area contributed by atoms with Gasteiger partial charge in [-0.05, 0) is 19.1 Å². The van der Waals surface area contributed by atoms with E-state index in [1.807, 2.05) is 16.8 Å². The molecule has 0 amide bonds. The Kier molecular flexibility index (Phi) is 6.35. The number of hydrogen-bond donors (Lipinski definition) is 0. The molecule has 0 spiro atoms. The van der Waals surface area contributed by atoms with E-state index in [-0.39, 0.29) is 5.97 Å². The molecule has 0 bridgehead atoms. The molecule has 1 heterocycles. The molecule has 96 valence electrons. The maximum absolute atomic E-state index is 11.6. The minimum Gasteiger partial charge on any atom is -0.461 e. The Labute approximate surface area is 101 Å². The van der Waals surface area contributed by atoms with E-state index in [0.717, 1.165) is 0 Å². The minimum absolute atomic E-state index is 0.297. The van der Waals surface area contributed by atoms with Crippen LogP contribution in [-0.2, 0) is 20.8 Å². The molecule has 1 aromatic rings. The van der Waals surface area contributed by atoms with Crippen molar-refractivity contribution in [2.45, 2.75) is 13.5 Å². The second-order valence-corrected chi connectivity index (χ2v) is 3.41. The molecule has 0 saturated heterocycles. The lowest BCUT2D eigenvalue weighted by Crippen LogP contribution is -2.15. The van der Waals surface area contributed by atoms with Crippen molar-refractivity contribution < 1.29 is 19.0 Å². The zero-order chi connectivity index (χ0) is 12.5. The number of carbonyl (C=O) groups is 1. The van der Waals surface area contributed by atoms with E-state index in [1.165, 1.54) is 0 Å². The predicted octanol–water partition coefficient (Wildman–Crippen LogP) is 1.33. The van der Waals surface area contributed by atoms with Crippen molar-refractivity contribution in [2.75, 3.05) is 33.5 Å². The molecular formula is C12H19NO4. The standard InChI is InChI=1S/C12H19NO4/c1-3-17-12(14)11-5-4-6-13(11)7-8-16-10-9-15-2/h4-6H,3,7-10H2,1-2H3. The average molecular weight is 241 g/mol. The second-order valence-electron chi connectivity index (χ2n) is 3.41. The van der Waals surface area contributed by atoms with E-state index in [1.54, 1.807) is 20.1 Å². The highest BCUT2D eigenvalue weighted by Gasteiger charge is 2.10. The van der Waals surface area contributed by atoms with Crippen molar-refractivity contribution in [3.63, 3.8) is 0 Å². The molecule has 17 heavy (non-hydrogen) atoms. The summed E-state index contributed by atoms with van der Waals surface area (Å²) in [5.41, 5.74) is 0.558. The lowest BCUT2D eigenvalue weighted by atomic mass is 10.4. The van der Waals surface area contributed by atoms with Gasteiger partial charge in [0, 0.05) is 19.9 Å². The second kappa shape index (κ2) is 7.86. The summed E-state index contributed by atoms with van der Waals surface area (Å²) in [6.07, 6.45) is 1.84. The largest absolute Gasteiger partial charge is 0.461 e. The Balaban J connectivity index is 2.38. The Bertz CT molecular complexity index is 335. The van der Waals surface area contributed by atoms with Crippen molar-refractivity contribution >= 4 is 5.97 Å². The number of esters is 1. The smallest absolute Gasteiger partial charge is 0.354 e. The molecule has 0 N–H and O–H groups in total. The van der Waals surface area contributed by atoms with Gasteiger partial charge < -0.3 is 18.8 Å². The van der Waals surface area contributed by atoms with Crippen LogP contribution in [0.3, 0.4) is 0 Å². The summed E-state index contributed by atoms with van der Waals surface area (Å²) < 4.78 is 17.0. The fraction of sp³-hybridized carbons (Fsp3) is 0.583. The van der Waals surface area contributed by atoms with Crippen LogP contribution in [-0.4, -0.2) is 44.1 Å². The molecular weight excluding hydrogens is 222 g/mol. The number of hydrogen-bond acceptors (Lipinski definition) is 4. The summed E-state index contributed by atoms with van der Waals surface area (Å²) in [6, 6.07) is 3.56. The quantitative estimate of drug-likeness (QED) is 0.509. The highest BCUT2D eigenvalue weighted by molar-refractivity contribution is 5.87. The minimum atomic E-state index is -0.297. The van der Waals surface area contributed by atoms with Gasteiger partial charge >= 0.3 is 5.97 Å². The van der Waals surface area contributed by atoms with Crippen LogP contribution in [0.5, 0.6) is 0 Å². The van der Waals surface area contributed by atoms with Gasteiger partial charge in [0.1, 0.15) is 5.69 Å². The van der Waals surface area contributed by atoms with Crippen LogP contribution < -0.4 is 0 Å². The van der Waals surface area contributed by atoms with Crippen molar-refractivity contribution in [1.82, 2.24) is 4.57 Å². The number of carbonyl (C=O) groups excluding carboxylic acids is 1. The van der Waals surface area contributed by atoms with Gasteiger partial charge in [0.15, 0.2) is 0 Å². The number of rotatable bonds is 8. The van der Waals surface area contributed by atoms with Gasteiger partial charge in [-0.2, -0.15) is 0 Å². The summed E-state index contributed by atoms with van der Waals surface area (Å²) in [5.74, 6) is -0.297. The molecule has 0 aliphatic carbocycles. The van der Waals surface area contributed by atoms with E-state index in [0.29, 0.717) is 38.7 Å². The number of nitrogens with zero attached hydrogens (tertiary/aromatic N) is 1. The van der Waals surface area contributed by atoms with E-state index in [2.05, 4.69) is 0 Å². The molecule has 1 aromatic heterocycles. The third-order valence-electron chi connectivity index (χ3n) is 2.22.